The summed E-state index contributed by atoms with van der Waals surface area (Å²) in [6, 6.07) is 0. The van der Waals surface area contributed by atoms with Crippen LogP contribution in [0.15, 0.2) is 0 Å². The smallest absolute Gasteiger partial charge is 0.415 e. The van der Waals surface area contributed by atoms with Crippen LogP contribution in [0.2, 0.25) is 0 Å². The summed E-state index contributed by atoms with van der Waals surface area (Å²) in [7, 11) is 0. The zero-order valence-corrected chi connectivity index (χ0v) is 6.47. The molecule has 0 amide bonds. The van der Waals surface area contributed by atoms with Crippen LogP contribution in [0.25, 0.3) is 0 Å². The SMILES string of the molecule is O=C(O)[C@H]1CNC[C@@H](C(F)(F)F)O1. The van der Waals surface area contributed by atoms with Crippen molar-refractivity contribution < 1.29 is 27.8 Å². The Morgan fingerprint density at radius 2 is 2.08 bits per heavy atom. The molecule has 1 aliphatic rings. The minimum absolute atomic E-state index is 0.0953. The lowest BCUT2D eigenvalue weighted by molar-refractivity contribution is -0.240. The van der Waals surface area contributed by atoms with E-state index >= 15 is 0 Å². The van der Waals surface area contributed by atoms with Gasteiger partial charge in [-0.1, -0.05) is 0 Å². The fraction of sp³-hybridized carbons (Fsp3) is 0.833. The predicted molar refractivity (Wildman–Crippen MR) is 35.2 cm³/mol. The second kappa shape index (κ2) is 3.51. The zero-order valence-electron chi connectivity index (χ0n) is 6.47. The van der Waals surface area contributed by atoms with Crippen LogP contribution in [0.3, 0.4) is 0 Å². The maximum absolute atomic E-state index is 12.0. The van der Waals surface area contributed by atoms with Crippen molar-refractivity contribution in [1.82, 2.24) is 5.32 Å². The van der Waals surface area contributed by atoms with Crippen molar-refractivity contribution in [1.29, 1.82) is 0 Å². The van der Waals surface area contributed by atoms with Gasteiger partial charge in [-0.3, -0.25) is 0 Å². The van der Waals surface area contributed by atoms with Gasteiger partial charge in [0.15, 0.2) is 12.2 Å². The number of carboxylic acid groups (broad SMARTS) is 1. The summed E-state index contributed by atoms with van der Waals surface area (Å²) in [6.07, 6.45) is -7.95. The van der Waals surface area contributed by atoms with Crippen LogP contribution in [0, 0.1) is 0 Å². The summed E-state index contributed by atoms with van der Waals surface area (Å²) in [5.74, 6) is -1.39. The molecule has 0 unspecified atom stereocenters. The van der Waals surface area contributed by atoms with Crippen LogP contribution in [-0.4, -0.2) is 42.5 Å². The topological polar surface area (TPSA) is 58.6 Å². The Balaban J connectivity index is 2.57. The van der Waals surface area contributed by atoms with E-state index < -0.39 is 30.9 Å². The van der Waals surface area contributed by atoms with E-state index in [1.807, 2.05) is 0 Å². The van der Waals surface area contributed by atoms with E-state index in [-0.39, 0.29) is 6.54 Å². The molecule has 4 nitrogen and oxygen atoms in total. The molecule has 2 N–H and O–H groups in total. The van der Waals surface area contributed by atoms with Crippen molar-refractivity contribution >= 4 is 5.97 Å². The van der Waals surface area contributed by atoms with E-state index in [0.717, 1.165) is 0 Å². The van der Waals surface area contributed by atoms with Gasteiger partial charge in [-0.05, 0) is 0 Å². The maximum atomic E-state index is 12.0. The lowest BCUT2D eigenvalue weighted by Crippen LogP contribution is -2.53. The summed E-state index contributed by atoms with van der Waals surface area (Å²) in [5.41, 5.74) is 0. The van der Waals surface area contributed by atoms with Crippen LogP contribution in [0.5, 0.6) is 0 Å². The molecular formula is C6H8F3NO3. The number of morpholine rings is 1. The third-order valence-corrected chi connectivity index (χ3v) is 1.63. The summed E-state index contributed by atoms with van der Waals surface area (Å²) in [6.45, 7) is -0.491. The minimum Gasteiger partial charge on any atom is -0.479 e. The first-order chi connectivity index (χ1) is 5.91. The normalized spacial score (nSPS) is 30.1. The number of hydrogen-bond acceptors (Lipinski definition) is 3. The second-order valence-corrected chi connectivity index (χ2v) is 2.65. The van der Waals surface area contributed by atoms with Crippen molar-refractivity contribution in [2.24, 2.45) is 0 Å². The van der Waals surface area contributed by atoms with E-state index in [9.17, 15) is 18.0 Å². The Morgan fingerprint density at radius 3 is 2.54 bits per heavy atom. The number of alkyl halides is 3. The zero-order chi connectivity index (χ0) is 10.1. The number of hydrogen-bond donors (Lipinski definition) is 2. The largest absolute Gasteiger partial charge is 0.479 e. The van der Waals surface area contributed by atoms with Crippen LogP contribution in [0.4, 0.5) is 13.2 Å². The van der Waals surface area contributed by atoms with Crippen molar-refractivity contribution in [3.63, 3.8) is 0 Å². The Bertz CT molecular complexity index is 206. The first kappa shape index (κ1) is 10.3. The van der Waals surface area contributed by atoms with Gasteiger partial charge >= 0.3 is 12.1 Å². The fourth-order valence-corrected chi connectivity index (χ4v) is 0.978. The molecule has 1 rings (SSSR count). The molecule has 1 heterocycles. The van der Waals surface area contributed by atoms with E-state index in [2.05, 4.69) is 10.1 Å². The number of carboxylic acids is 1. The van der Waals surface area contributed by atoms with Gasteiger partial charge in [0.2, 0.25) is 0 Å². The number of ether oxygens (including phenoxy) is 1. The quantitative estimate of drug-likeness (QED) is 0.623. The molecule has 1 aliphatic heterocycles. The van der Waals surface area contributed by atoms with Crippen LogP contribution < -0.4 is 5.32 Å². The molecule has 7 heteroatoms. The molecule has 0 aliphatic carbocycles. The molecule has 2 atom stereocenters. The van der Waals surface area contributed by atoms with Crippen LogP contribution in [-0.2, 0) is 9.53 Å². The predicted octanol–water partition coefficient (Wildman–Crippen LogP) is -0.00970. The molecule has 0 aromatic carbocycles. The van der Waals surface area contributed by atoms with Gasteiger partial charge in [0.25, 0.3) is 0 Å². The number of aliphatic carboxylic acids is 1. The molecule has 0 aromatic rings. The van der Waals surface area contributed by atoms with Crippen LogP contribution in [0.1, 0.15) is 0 Å². The average Bonchev–Trinajstić information content (AvgIpc) is 2.03. The summed E-state index contributed by atoms with van der Waals surface area (Å²) < 4.78 is 40.4. The molecule has 0 radical (unpaired) electrons. The monoisotopic (exact) mass is 199 g/mol. The fourth-order valence-electron chi connectivity index (χ4n) is 0.978. The molecule has 76 valence electrons. The number of nitrogens with one attached hydrogen (secondary N) is 1. The molecule has 0 spiro atoms. The highest BCUT2D eigenvalue weighted by atomic mass is 19.4. The lowest BCUT2D eigenvalue weighted by Gasteiger charge is -2.29. The van der Waals surface area contributed by atoms with E-state index in [1.165, 1.54) is 0 Å². The highest BCUT2D eigenvalue weighted by Gasteiger charge is 2.44. The molecule has 0 bridgehead atoms. The lowest BCUT2D eigenvalue weighted by atomic mass is 10.2. The summed E-state index contributed by atoms with van der Waals surface area (Å²) >= 11 is 0. The van der Waals surface area contributed by atoms with E-state index in [4.69, 9.17) is 5.11 Å². The Morgan fingerprint density at radius 1 is 1.46 bits per heavy atom. The summed E-state index contributed by atoms with van der Waals surface area (Å²) in [5, 5.41) is 10.7. The molecule has 1 fully saturated rings. The van der Waals surface area contributed by atoms with E-state index in [0.29, 0.717) is 0 Å². The third-order valence-electron chi connectivity index (χ3n) is 1.63. The Hall–Kier alpha value is -0.820. The van der Waals surface area contributed by atoms with Gasteiger partial charge in [-0.15, -0.1) is 0 Å². The third kappa shape index (κ3) is 2.56. The summed E-state index contributed by atoms with van der Waals surface area (Å²) in [4.78, 5) is 10.3. The standard InChI is InChI=1S/C6H8F3NO3/c7-6(8,9)4-2-10-1-3(13-4)5(11)12/h3-4,10H,1-2H2,(H,11,12)/t3-,4+/m1/s1. The highest BCUT2D eigenvalue weighted by Crippen LogP contribution is 2.24. The Kier molecular flexibility index (Phi) is 2.77. The second-order valence-electron chi connectivity index (χ2n) is 2.65. The number of carbonyl (C=O) groups is 1. The number of rotatable bonds is 1. The molecule has 0 saturated carbocycles. The first-order valence-electron chi connectivity index (χ1n) is 3.57. The van der Waals surface area contributed by atoms with Gasteiger partial charge in [0.1, 0.15) is 0 Å². The van der Waals surface area contributed by atoms with Crippen molar-refractivity contribution in [2.75, 3.05) is 13.1 Å². The van der Waals surface area contributed by atoms with Gasteiger partial charge in [-0.2, -0.15) is 13.2 Å². The average molecular weight is 199 g/mol. The van der Waals surface area contributed by atoms with Crippen molar-refractivity contribution in [3.8, 4) is 0 Å². The molecular weight excluding hydrogens is 191 g/mol. The van der Waals surface area contributed by atoms with Crippen molar-refractivity contribution in [3.05, 3.63) is 0 Å². The van der Waals surface area contributed by atoms with Crippen LogP contribution >= 0.6 is 0 Å². The maximum Gasteiger partial charge on any atom is 0.415 e. The van der Waals surface area contributed by atoms with Gasteiger partial charge in [0.05, 0.1) is 0 Å². The van der Waals surface area contributed by atoms with E-state index in [1.54, 1.807) is 0 Å². The first-order valence-corrected chi connectivity index (χ1v) is 3.57. The highest BCUT2D eigenvalue weighted by molar-refractivity contribution is 5.72. The molecule has 1 saturated heterocycles. The molecule has 13 heavy (non-hydrogen) atoms. The van der Waals surface area contributed by atoms with Crippen molar-refractivity contribution in [2.45, 2.75) is 18.4 Å². The Labute approximate surface area is 71.7 Å². The number of halogens is 3. The minimum atomic E-state index is -4.51. The van der Waals surface area contributed by atoms with Gasteiger partial charge in [0, 0.05) is 13.1 Å². The van der Waals surface area contributed by atoms with Gasteiger partial charge in [-0.25, -0.2) is 4.79 Å². The molecule has 0 aromatic heterocycles. The van der Waals surface area contributed by atoms with Gasteiger partial charge < -0.3 is 15.2 Å².